The molecule has 0 bridgehead atoms. The average Bonchev–Trinajstić information content (AvgIpc) is 2.68. The Hall–Kier alpha value is -1.51. The van der Waals surface area contributed by atoms with Crippen molar-refractivity contribution in [1.29, 1.82) is 5.26 Å². The molecular weight excluding hydrogens is 318 g/mol. The third-order valence-corrected chi connectivity index (χ3v) is 3.44. The van der Waals surface area contributed by atoms with Crippen LogP contribution in [-0.4, -0.2) is 16.9 Å². The van der Waals surface area contributed by atoms with Crippen molar-refractivity contribution in [3.63, 3.8) is 0 Å². The Balaban J connectivity index is 2.73. The summed E-state index contributed by atoms with van der Waals surface area (Å²) >= 11 is 9.51. The predicted molar refractivity (Wildman–Crippen MR) is 72.6 cm³/mol. The van der Waals surface area contributed by atoms with Crippen molar-refractivity contribution in [1.82, 2.24) is 9.78 Å². The van der Waals surface area contributed by atoms with E-state index in [-0.39, 0.29) is 0 Å². The Labute approximate surface area is 118 Å². The van der Waals surface area contributed by atoms with E-state index in [1.807, 2.05) is 0 Å². The third kappa shape index (κ3) is 2.09. The first-order valence-corrected chi connectivity index (χ1v) is 6.21. The largest absolute Gasteiger partial charge is 0.495 e. The van der Waals surface area contributed by atoms with E-state index in [1.54, 1.807) is 30.1 Å². The van der Waals surface area contributed by atoms with Gasteiger partial charge >= 0.3 is 0 Å². The first-order valence-electron chi connectivity index (χ1n) is 5.04. The van der Waals surface area contributed by atoms with Gasteiger partial charge in [-0.2, -0.15) is 10.4 Å². The van der Waals surface area contributed by atoms with Crippen LogP contribution >= 0.6 is 27.5 Å². The van der Waals surface area contributed by atoms with Crippen LogP contribution in [-0.2, 0) is 7.05 Å². The van der Waals surface area contributed by atoms with Crippen LogP contribution in [0.5, 0.6) is 5.75 Å². The summed E-state index contributed by atoms with van der Waals surface area (Å²) in [7, 11) is 3.32. The number of halogens is 2. The van der Waals surface area contributed by atoms with Crippen LogP contribution in [0.2, 0.25) is 5.02 Å². The molecule has 0 unspecified atom stereocenters. The molecule has 0 atom stereocenters. The molecule has 4 nitrogen and oxygen atoms in total. The van der Waals surface area contributed by atoms with Gasteiger partial charge in [0.25, 0.3) is 0 Å². The van der Waals surface area contributed by atoms with E-state index in [2.05, 4.69) is 27.1 Å². The van der Waals surface area contributed by atoms with Gasteiger partial charge in [-0.25, -0.2) is 0 Å². The molecule has 1 aromatic carbocycles. The minimum Gasteiger partial charge on any atom is -0.495 e. The number of aromatic nitrogens is 2. The summed E-state index contributed by atoms with van der Waals surface area (Å²) in [5.41, 5.74) is 2.01. The van der Waals surface area contributed by atoms with E-state index >= 15 is 0 Å². The van der Waals surface area contributed by atoms with Crippen LogP contribution in [0, 0.1) is 11.3 Å². The van der Waals surface area contributed by atoms with Crippen LogP contribution in [0.3, 0.4) is 0 Å². The van der Waals surface area contributed by atoms with Crippen molar-refractivity contribution in [3.8, 4) is 23.1 Å². The lowest BCUT2D eigenvalue weighted by atomic mass is 10.0. The molecular formula is C12H9BrClN3O. The van der Waals surface area contributed by atoms with E-state index < -0.39 is 0 Å². The number of hydrogen-bond donors (Lipinski definition) is 0. The number of rotatable bonds is 2. The Morgan fingerprint density at radius 3 is 2.72 bits per heavy atom. The lowest BCUT2D eigenvalue weighted by Gasteiger charge is -2.09. The molecule has 6 heteroatoms. The molecule has 0 aliphatic carbocycles. The maximum Gasteiger partial charge on any atom is 0.138 e. The average molecular weight is 327 g/mol. The highest BCUT2D eigenvalue weighted by Crippen LogP contribution is 2.36. The van der Waals surface area contributed by atoms with E-state index in [0.29, 0.717) is 16.3 Å². The molecule has 18 heavy (non-hydrogen) atoms. The van der Waals surface area contributed by atoms with Crippen LogP contribution in [0.4, 0.5) is 0 Å². The summed E-state index contributed by atoms with van der Waals surface area (Å²) < 4.78 is 7.59. The smallest absolute Gasteiger partial charge is 0.138 e. The molecule has 0 fully saturated rings. The first kappa shape index (κ1) is 12.9. The van der Waals surface area contributed by atoms with Gasteiger partial charge < -0.3 is 4.74 Å². The topological polar surface area (TPSA) is 50.8 Å². The van der Waals surface area contributed by atoms with Crippen molar-refractivity contribution >= 4 is 27.5 Å². The number of methoxy groups -OCH3 is 1. The van der Waals surface area contributed by atoms with Crippen molar-refractivity contribution in [2.75, 3.05) is 7.11 Å². The number of hydrogen-bond acceptors (Lipinski definition) is 3. The maximum atomic E-state index is 9.22. The van der Waals surface area contributed by atoms with E-state index in [4.69, 9.17) is 16.3 Å². The van der Waals surface area contributed by atoms with Gasteiger partial charge in [-0.15, -0.1) is 0 Å². The van der Waals surface area contributed by atoms with Crippen LogP contribution < -0.4 is 4.74 Å². The van der Waals surface area contributed by atoms with Crippen LogP contribution in [0.1, 0.15) is 5.56 Å². The fraction of sp³-hybridized carbons (Fsp3) is 0.167. The lowest BCUT2D eigenvalue weighted by Crippen LogP contribution is -1.97. The van der Waals surface area contributed by atoms with Gasteiger partial charge in [0.15, 0.2) is 0 Å². The third-order valence-electron chi connectivity index (χ3n) is 2.56. The molecule has 0 spiro atoms. The number of benzene rings is 1. The summed E-state index contributed by atoms with van der Waals surface area (Å²) in [6.45, 7) is 0. The Kier molecular flexibility index (Phi) is 3.60. The maximum absolute atomic E-state index is 9.22. The number of nitrogens with zero attached hydrogens (tertiary/aromatic N) is 3. The monoisotopic (exact) mass is 325 g/mol. The van der Waals surface area contributed by atoms with Crippen molar-refractivity contribution in [3.05, 3.63) is 33.4 Å². The highest BCUT2D eigenvalue weighted by molar-refractivity contribution is 9.10. The number of aryl methyl sites for hydroxylation is 1. The minimum absolute atomic E-state index is 0.458. The van der Waals surface area contributed by atoms with Gasteiger partial charge in [0, 0.05) is 18.7 Å². The quantitative estimate of drug-likeness (QED) is 0.850. The summed E-state index contributed by atoms with van der Waals surface area (Å²) in [5.74, 6) is 0.482. The molecule has 1 aromatic heterocycles. The SMILES string of the molecule is COc1cc(C#N)c(-c2c(Br)cnn2C)cc1Cl. The molecule has 0 saturated heterocycles. The molecule has 2 rings (SSSR count). The Bertz CT molecular complexity index is 626. The zero-order valence-corrected chi connectivity index (χ0v) is 12.1. The van der Waals surface area contributed by atoms with Gasteiger partial charge in [0.05, 0.1) is 40.1 Å². The molecule has 92 valence electrons. The van der Waals surface area contributed by atoms with Gasteiger partial charge in [-0.3, -0.25) is 4.68 Å². The molecule has 0 saturated carbocycles. The highest BCUT2D eigenvalue weighted by atomic mass is 79.9. The van der Waals surface area contributed by atoms with E-state index in [1.165, 1.54) is 7.11 Å². The van der Waals surface area contributed by atoms with Crippen LogP contribution in [0.15, 0.2) is 22.8 Å². The van der Waals surface area contributed by atoms with Gasteiger partial charge in [0.2, 0.25) is 0 Å². The molecule has 0 radical (unpaired) electrons. The molecule has 0 N–H and O–H groups in total. The second kappa shape index (κ2) is 5.01. The zero-order valence-electron chi connectivity index (χ0n) is 9.74. The molecule has 0 amide bonds. The number of nitriles is 1. The second-order valence-electron chi connectivity index (χ2n) is 3.61. The van der Waals surface area contributed by atoms with Crippen molar-refractivity contribution in [2.45, 2.75) is 0 Å². The summed E-state index contributed by atoms with van der Waals surface area (Å²) in [4.78, 5) is 0. The second-order valence-corrected chi connectivity index (χ2v) is 4.87. The first-order chi connectivity index (χ1) is 8.58. The number of ether oxygens (including phenoxy) is 1. The van der Waals surface area contributed by atoms with E-state index in [9.17, 15) is 5.26 Å². The van der Waals surface area contributed by atoms with Crippen molar-refractivity contribution in [2.24, 2.45) is 7.05 Å². The summed E-state index contributed by atoms with van der Waals surface area (Å²) in [6.07, 6.45) is 1.68. The lowest BCUT2D eigenvalue weighted by molar-refractivity contribution is 0.415. The fourth-order valence-electron chi connectivity index (χ4n) is 1.71. The van der Waals surface area contributed by atoms with Crippen LogP contribution in [0.25, 0.3) is 11.3 Å². The van der Waals surface area contributed by atoms with Gasteiger partial charge in [-0.05, 0) is 22.0 Å². The fourth-order valence-corrected chi connectivity index (χ4v) is 2.51. The van der Waals surface area contributed by atoms with E-state index in [0.717, 1.165) is 15.7 Å². The highest BCUT2D eigenvalue weighted by Gasteiger charge is 2.16. The standard InChI is InChI=1S/C12H9BrClN3O/c1-17-12(9(13)6-16-17)8-4-10(14)11(18-2)3-7(8)5-15/h3-4,6H,1-2H3. The van der Waals surface area contributed by atoms with Gasteiger partial charge in [-0.1, -0.05) is 11.6 Å². The summed E-state index contributed by atoms with van der Waals surface area (Å²) in [5, 5.41) is 13.8. The molecule has 0 aliphatic rings. The molecule has 0 aliphatic heterocycles. The Morgan fingerprint density at radius 1 is 1.50 bits per heavy atom. The Morgan fingerprint density at radius 2 is 2.22 bits per heavy atom. The van der Waals surface area contributed by atoms with Gasteiger partial charge in [0.1, 0.15) is 5.75 Å². The zero-order chi connectivity index (χ0) is 13.3. The normalized spacial score (nSPS) is 10.2. The minimum atomic E-state index is 0.458. The molecule has 1 heterocycles. The molecule has 2 aromatic rings. The summed E-state index contributed by atoms with van der Waals surface area (Å²) in [6, 6.07) is 5.47. The predicted octanol–water partition coefficient (Wildman–Crippen LogP) is 3.38. The van der Waals surface area contributed by atoms with Crippen molar-refractivity contribution < 1.29 is 4.74 Å².